The van der Waals surface area contributed by atoms with E-state index in [-0.39, 0.29) is 28.6 Å². The molecule has 0 spiro atoms. The molecule has 7 heteroatoms. The lowest BCUT2D eigenvalue weighted by atomic mass is 9.96. The molecule has 144 valence electrons. The van der Waals surface area contributed by atoms with Gasteiger partial charge in [-0.25, -0.2) is 13.1 Å². The molecule has 3 rings (SSSR count). The summed E-state index contributed by atoms with van der Waals surface area (Å²) < 4.78 is 33.8. The molecule has 1 aromatic rings. The maximum absolute atomic E-state index is 12.9. The molecule has 2 aliphatic carbocycles. The Bertz CT molecular complexity index is 736. The minimum Gasteiger partial charge on any atom is -0.495 e. The molecule has 0 aromatic heterocycles. The lowest BCUT2D eigenvalue weighted by Crippen LogP contribution is -2.36. The summed E-state index contributed by atoms with van der Waals surface area (Å²) in [6, 6.07) is 4.73. The molecule has 6 nitrogen and oxygen atoms in total. The standard InChI is InChI=1S/C19H28N2O4S/c1-25-17-12-11-14(19(22)20-15-7-5-6-8-15)13-18(17)26(23,24)21-16-9-3-2-4-10-16/h11-13,15-16,21H,2-10H2,1H3,(H,20,22). The van der Waals surface area contributed by atoms with Crippen LogP contribution in [0.5, 0.6) is 5.75 Å². The van der Waals surface area contributed by atoms with E-state index in [0.717, 1.165) is 57.8 Å². The Morgan fingerprint density at radius 2 is 1.62 bits per heavy atom. The second kappa shape index (κ2) is 8.39. The summed E-state index contributed by atoms with van der Waals surface area (Å²) in [5.74, 6) is 0.0272. The van der Waals surface area contributed by atoms with Crippen LogP contribution in [-0.4, -0.2) is 33.5 Å². The molecule has 0 aliphatic heterocycles. The summed E-state index contributed by atoms with van der Waals surface area (Å²) in [5, 5.41) is 3.00. The van der Waals surface area contributed by atoms with Crippen molar-refractivity contribution in [3.8, 4) is 5.75 Å². The average Bonchev–Trinajstić information content (AvgIpc) is 3.14. The Balaban J connectivity index is 1.80. The molecule has 0 unspecified atom stereocenters. The molecule has 1 amide bonds. The number of carbonyl (C=O) groups excluding carboxylic acids is 1. The third-order valence-electron chi connectivity index (χ3n) is 5.33. The highest BCUT2D eigenvalue weighted by atomic mass is 32.2. The highest BCUT2D eigenvalue weighted by Gasteiger charge is 2.26. The fraction of sp³-hybridized carbons (Fsp3) is 0.632. The van der Waals surface area contributed by atoms with Crippen LogP contribution in [0.25, 0.3) is 0 Å². The summed E-state index contributed by atoms with van der Waals surface area (Å²) >= 11 is 0. The van der Waals surface area contributed by atoms with Gasteiger partial charge in [0.2, 0.25) is 10.0 Å². The fourth-order valence-corrected chi connectivity index (χ4v) is 5.37. The van der Waals surface area contributed by atoms with Gasteiger partial charge in [-0.1, -0.05) is 32.1 Å². The first-order valence-corrected chi connectivity index (χ1v) is 11.0. The summed E-state index contributed by atoms with van der Waals surface area (Å²) in [4.78, 5) is 12.5. The molecule has 2 saturated carbocycles. The van der Waals surface area contributed by atoms with Crippen LogP contribution < -0.4 is 14.8 Å². The third-order valence-corrected chi connectivity index (χ3v) is 6.87. The summed E-state index contributed by atoms with van der Waals surface area (Å²) in [7, 11) is -2.30. The number of sulfonamides is 1. The monoisotopic (exact) mass is 380 g/mol. The lowest BCUT2D eigenvalue weighted by molar-refractivity contribution is 0.0937. The molecule has 2 fully saturated rings. The van der Waals surface area contributed by atoms with E-state index >= 15 is 0 Å². The SMILES string of the molecule is COc1ccc(C(=O)NC2CCCC2)cc1S(=O)(=O)NC1CCCCC1. The quantitative estimate of drug-likeness (QED) is 0.795. The lowest BCUT2D eigenvalue weighted by Gasteiger charge is -2.23. The van der Waals surface area contributed by atoms with E-state index in [1.54, 1.807) is 12.1 Å². The largest absolute Gasteiger partial charge is 0.495 e. The van der Waals surface area contributed by atoms with E-state index < -0.39 is 10.0 Å². The van der Waals surface area contributed by atoms with Crippen molar-refractivity contribution in [2.45, 2.75) is 74.8 Å². The number of rotatable bonds is 6. The van der Waals surface area contributed by atoms with Gasteiger partial charge in [0.25, 0.3) is 5.91 Å². The number of ether oxygens (including phenoxy) is 1. The number of benzene rings is 1. The Morgan fingerprint density at radius 3 is 2.27 bits per heavy atom. The second-order valence-electron chi connectivity index (χ2n) is 7.28. The van der Waals surface area contributed by atoms with Crippen molar-refractivity contribution in [2.75, 3.05) is 7.11 Å². The zero-order valence-corrected chi connectivity index (χ0v) is 16.1. The number of methoxy groups -OCH3 is 1. The van der Waals surface area contributed by atoms with Gasteiger partial charge >= 0.3 is 0 Å². The number of carbonyl (C=O) groups is 1. The zero-order valence-electron chi connectivity index (χ0n) is 15.3. The van der Waals surface area contributed by atoms with Gasteiger partial charge in [0.05, 0.1) is 7.11 Å². The van der Waals surface area contributed by atoms with Crippen molar-refractivity contribution in [2.24, 2.45) is 0 Å². The molecule has 0 heterocycles. The normalized spacial score (nSPS) is 19.4. The maximum atomic E-state index is 12.9. The van der Waals surface area contributed by atoms with Crippen LogP contribution in [0.1, 0.15) is 68.1 Å². The van der Waals surface area contributed by atoms with Crippen molar-refractivity contribution in [3.63, 3.8) is 0 Å². The van der Waals surface area contributed by atoms with Gasteiger partial charge < -0.3 is 10.1 Å². The molecule has 2 N–H and O–H groups in total. The van der Waals surface area contributed by atoms with E-state index in [2.05, 4.69) is 10.0 Å². The molecule has 0 atom stereocenters. The summed E-state index contributed by atoms with van der Waals surface area (Å²) in [6.07, 6.45) is 9.14. The van der Waals surface area contributed by atoms with Crippen LogP contribution in [-0.2, 0) is 10.0 Å². The van der Waals surface area contributed by atoms with Gasteiger partial charge in [0, 0.05) is 17.6 Å². The van der Waals surface area contributed by atoms with Crippen molar-refractivity contribution in [3.05, 3.63) is 23.8 Å². The number of hydrogen-bond donors (Lipinski definition) is 2. The predicted molar refractivity (Wildman–Crippen MR) is 99.9 cm³/mol. The van der Waals surface area contributed by atoms with E-state index in [1.165, 1.54) is 13.2 Å². The van der Waals surface area contributed by atoms with Gasteiger partial charge in [-0.3, -0.25) is 4.79 Å². The number of hydrogen-bond acceptors (Lipinski definition) is 4. The van der Waals surface area contributed by atoms with E-state index in [0.29, 0.717) is 5.56 Å². The highest BCUT2D eigenvalue weighted by Crippen LogP contribution is 2.27. The third kappa shape index (κ3) is 4.57. The number of nitrogens with one attached hydrogen (secondary N) is 2. The first kappa shape index (κ1) is 19.2. The van der Waals surface area contributed by atoms with Gasteiger partial charge in [0.15, 0.2) is 0 Å². The zero-order chi connectivity index (χ0) is 18.6. The molecule has 1 aromatic carbocycles. The van der Waals surface area contributed by atoms with Crippen LogP contribution in [0, 0.1) is 0 Å². The Kier molecular flexibility index (Phi) is 6.19. The second-order valence-corrected chi connectivity index (χ2v) is 8.96. The molecule has 0 saturated heterocycles. The molecule has 0 bridgehead atoms. The van der Waals surface area contributed by atoms with Gasteiger partial charge in [0.1, 0.15) is 10.6 Å². The molecule has 0 radical (unpaired) electrons. The van der Waals surface area contributed by atoms with Gasteiger partial charge in [-0.15, -0.1) is 0 Å². The first-order chi connectivity index (χ1) is 12.5. The van der Waals surface area contributed by atoms with Crippen molar-refractivity contribution in [1.29, 1.82) is 0 Å². The molecule has 2 aliphatic rings. The van der Waals surface area contributed by atoms with Crippen LogP contribution in [0.3, 0.4) is 0 Å². The van der Waals surface area contributed by atoms with Crippen molar-refractivity contribution in [1.82, 2.24) is 10.0 Å². The van der Waals surface area contributed by atoms with Gasteiger partial charge in [-0.2, -0.15) is 0 Å². The maximum Gasteiger partial charge on any atom is 0.251 e. The van der Waals surface area contributed by atoms with Crippen LogP contribution in [0.15, 0.2) is 23.1 Å². The van der Waals surface area contributed by atoms with Crippen LogP contribution in [0.2, 0.25) is 0 Å². The van der Waals surface area contributed by atoms with Crippen molar-refractivity contribution < 1.29 is 17.9 Å². The fourth-order valence-electron chi connectivity index (χ4n) is 3.87. The smallest absolute Gasteiger partial charge is 0.251 e. The summed E-state index contributed by atoms with van der Waals surface area (Å²) in [5.41, 5.74) is 0.349. The van der Waals surface area contributed by atoms with Crippen LogP contribution in [0.4, 0.5) is 0 Å². The Morgan fingerprint density at radius 1 is 1.00 bits per heavy atom. The highest BCUT2D eigenvalue weighted by molar-refractivity contribution is 7.89. The summed E-state index contributed by atoms with van der Waals surface area (Å²) in [6.45, 7) is 0. The van der Waals surface area contributed by atoms with E-state index in [9.17, 15) is 13.2 Å². The minimum absolute atomic E-state index is 0.0321. The Hall–Kier alpha value is -1.60. The van der Waals surface area contributed by atoms with E-state index in [1.807, 2.05) is 0 Å². The van der Waals surface area contributed by atoms with Crippen molar-refractivity contribution >= 4 is 15.9 Å². The molecular formula is C19H28N2O4S. The topological polar surface area (TPSA) is 84.5 Å². The van der Waals surface area contributed by atoms with Gasteiger partial charge in [-0.05, 0) is 43.9 Å². The molecule has 26 heavy (non-hydrogen) atoms. The Labute approximate surface area is 155 Å². The molecular weight excluding hydrogens is 352 g/mol. The average molecular weight is 381 g/mol. The van der Waals surface area contributed by atoms with Crippen LogP contribution >= 0.6 is 0 Å². The van der Waals surface area contributed by atoms with E-state index in [4.69, 9.17) is 4.74 Å². The first-order valence-electron chi connectivity index (χ1n) is 9.51. The minimum atomic E-state index is -3.74. The number of amides is 1. The predicted octanol–water partition coefficient (Wildman–Crippen LogP) is 2.98.